The third-order valence-electron chi connectivity index (χ3n) is 7.82. The van der Waals surface area contributed by atoms with Gasteiger partial charge in [0, 0.05) is 35.9 Å². The first-order valence-electron chi connectivity index (χ1n) is 11.5. The first kappa shape index (κ1) is 22.1. The number of benzene rings is 2. The highest BCUT2D eigenvalue weighted by atomic mass is 19.4. The Hall–Kier alpha value is -2.70. The third-order valence-corrected chi connectivity index (χ3v) is 7.82. The molecule has 0 radical (unpaired) electrons. The molecule has 1 N–H and O–H groups in total. The lowest BCUT2D eigenvalue weighted by molar-refractivity contribution is -0.984. The number of para-hydroxylation sites is 1. The van der Waals surface area contributed by atoms with Crippen molar-refractivity contribution in [3.05, 3.63) is 90.1 Å². The van der Waals surface area contributed by atoms with E-state index in [1.165, 1.54) is 0 Å². The van der Waals surface area contributed by atoms with Gasteiger partial charge in [0.05, 0.1) is 24.2 Å². The van der Waals surface area contributed by atoms with Crippen LogP contribution >= 0.6 is 0 Å². The van der Waals surface area contributed by atoms with Crippen molar-refractivity contribution in [2.75, 3.05) is 13.1 Å². The molecule has 3 aliphatic heterocycles. The van der Waals surface area contributed by atoms with E-state index in [4.69, 9.17) is 0 Å². The number of aliphatic hydroxyl groups is 1. The zero-order valence-electron chi connectivity index (χ0n) is 18.4. The van der Waals surface area contributed by atoms with Gasteiger partial charge >= 0.3 is 6.18 Å². The number of quaternary nitrogens is 1. The summed E-state index contributed by atoms with van der Waals surface area (Å²) in [6, 6.07) is 15.2. The molecule has 6 rings (SSSR count). The fourth-order valence-corrected chi connectivity index (χ4v) is 6.13. The van der Waals surface area contributed by atoms with Crippen molar-refractivity contribution >= 4 is 10.9 Å². The van der Waals surface area contributed by atoms with Gasteiger partial charge in [0.15, 0.2) is 0 Å². The Labute approximate surface area is 191 Å². The second kappa shape index (κ2) is 8.26. The van der Waals surface area contributed by atoms with Gasteiger partial charge in [-0.2, -0.15) is 13.2 Å². The monoisotopic (exact) mass is 453 g/mol. The molecule has 0 aliphatic carbocycles. The van der Waals surface area contributed by atoms with Crippen molar-refractivity contribution in [2.24, 2.45) is 11.8 Å². The predicted molar refractivity (Wildman–Crippen MR) is 122 cm³/mol. The number of hydrogen-bond donors (Lipinski definition) is 1. The lowest BCUT2D eigenvalue weighted by Crippen LogP contribution is -2.67. The van der Waals surface area contributed by atoms with Crippen molar-refractivity contribution in [1.82, 2.24) is 4.98 Å². The molecule has 1 aromatic heterocycles. The highest BCUT2D eigenvalue weighted by molar-refractivity contribution is 5.82. The first-order chi connectivity index (χ1) is 15.8. The number of hydrogen-bond acceptors (Lipinski definition) is 2. The SMILES string of the molecule is C=C[C@H]1C[N@+]2(Cc3ccc(C(F)(F)F)cc3)CC[C@H]1C[C@@H]2[C@@H](O)c1ccnc2ccccc12. The highest BCUT2D eigenvalue weighted by Gasteiger charge is 2.54. The van der Waals surface area contributed by atoms with E-state index in [9.17, 15) is 18.3 Å². The lowest BCUT2D eigenvalue weighted by atomic mass is 9.71. The molecule has 172 valence electrons. The second-order valence-electron chi connectivity index (χ2n) is 9.59. The Morgan fingerprint density at radius 2 is 1.88 bits per heavy atom. The van der Waals surface area contributed by atoms with Crippen molar-refractivity contribution in [2.45, 2.75) is 37.7 Å². The van der Waals surface area contributed by atoms with Crippen molar-refractivity contribution in [3.8, 4) is 0 Å². The summed E-state index contributed by atoms with van der Waals surface area (Å²) >= 11 is 0. The van der Waals surface area contributed by atoms with Gasteiger partial charge in [0.2, 0.25) is 0 Å². The number of fused-ring (bicyclic) bond motifs is 4. The molecule has 2 aromatic carbocycles. The maximum atomic E-state index is 13.1. The van der Waals surface area contributed by atoms with Crippen molar-refractivity contribution in [3.63, 3.8) is 0 Å². The lowest BCUT2D eigenvalue weighted by Gasteiger charge is -2.58. The molecule has 6 heteroatoms. The van der Waals surface area contributed by atoms with Crippen LogP contribution in [0.2, 0.25) is 0 Å². The van der Waals surface area contributed by atoms with E-state index in [0.717, 1.165) is 60.1 Å². The van der Waals surface area contributed by atoms with Crippen LogP contribution in [0.3, 0.4) is 0 Å². The Bertz CT molecular complexity index is 1150. The minimum absolute atomic E-state index is 0.0342. The minimum atomic E-state index is -4.34. The molecule has 4 heterocycles. The van der Waals surface area contributed by atoms with Crippen LogP contribution in [0.1, 0.15) is 35.6 Å². The molecule has 3 saturated heterocycles. The molecule has 5 atom stereocenters. The van der Waals surface area contributed by atoms with Gasteiger partial charge < -0.3 is 9.59 Å². The van der Waals surface area contributed by atoms with Crippen LogP contribution in [-0.4, -0.2) is 33.7 Å². The maximum absolute atomic E-state index is 13.1. The standard InChI is InChI=1S/C27H28F3N2O/c1-2-19-17-32(16-18-7-9-21(10-8-18)27(28,29)30)14-12-20(19)15-25(32)26(33)23-11-13-31-24-6-4-3-5-22(23)24/h2-11,13,19-20,25-26,33H,1,12,14-17H2/q+1/t19-,20-,25+,26-,32+/m0/s1. The number of rotatable bonds is 5. The Balaban J connectivity index is 1.51. The van der Waals surface area contributed by atoms with E-state index >= 15 is 0 Å². The summed E-state index contributed by atoms with van der Waals surface area (Å²) in [6.07, 6.45) is 0.648. The van der Waals surface area contributed by atoms with Crippen molar-refractivity contribution < 1.29 is 22.8 Å². The van der Waals surface area contributed by atoms with Crippen molar-refractivity contribution in [1.29, 1.82) is 0 Å². The van der Waals surface area contributed by atoms with Crippen LogP contribution in [0, 0.1) is 11.8 Å². The number of alkyl halides is 3. The summed E-state index contributed by atoms with van der Waals surface area (Å²) in [6.45, 7) is 6.39. The Kier molecular flexibility index (Phi) is 5.53. The third kappa shape index (κ3) is 3.96. The van der Waals surface area contributed by atoms with E-state index in [1.54, 1.807) is 18.3 Å². The molecule has 3 aliphatic rings. The van der Waals surface area contributed by atoms with Gasteiger partial charge in [-0.05, 0) is 35.7 Å². The zero-order valence-corrected chi connectivity index (χ0v) is 18.4. The predicted octanol–water partition coefficient (Wildman–Crippen LogP) is 5.90. The van der Waals surface area contributed by atoms with Crippen LogP contribution in [0.15, 0.2) is 73.4 Å². The summed E-state index contributed by atoms with van der Waals surface area (Å²) in [4.78, 5) is 4.43. The van der Waals surface area contributed by atoms with Crippen LogP contribution in [0.5, 0.6) is 0 Å². The molecule has 0 spiro atoms. The average Bonchev–Trinajstić information content (AvgIpc) is 2.83. The largest absolute Gasteiger partial charge is 0.416 e. The van der Waals surface area contributed by atoms with Crippen LogP contribution in [-0.2, 0) is 12.7 Å². The smallest absolute Gasteiger partial charge is 0.382 e. The normalized spacial score (nSPS) is 28.1. The molecule has 2 bridgehead atoms. The zero-order chi connectivity index (χ0) is 23.2. The Morgan fingerprint density at radius 3 is 2.61 bits per heavy atom. The van der Waals surface area contributed by atoms with Gasteiger partial charge in [-0.15, -0.1) is 6.58 Å². The molecule has 0 amide bonds. The second-order valence-corrected chi connectivity index (χ2v) is 9.59. The Morgan fingerprint density at radius 1 is 1.12 bits per heavy atom. The van der Waals surface area contributed by atoms with Gasteiger partial charge in [0.1, 0.15) is 18.7 Å². The van der Waals surface area contributed by atoms with E-state index in [1.807, 2.05) is 36.4 Å². The van der Waals surface area contributed by atoms with Crippen LogP contribution < -0.4 is 0 Å². The fourth-order valence-electron chi connectivity index (χ4n) is 6.13. The quantitative estimate of drug-likeness (QED) is 0.386. The average molecular weight is 454 g/mol. The molecule has 0 unspecified atom stereocenters. The summed E-state index contributed by atoms with van der Waals surface area (Å²) in [5.74, 6) is 0.827. The number of halogens is 3. The first-order valence-corrected chi connectivity index (χ1v) is 11.5. The number of aromatic nitrogens is 1. The van der Waals surface area contributed by atoms with Crippen LogP contribution in [0.25, 0.3) is 10.9 Å². The van der Waals surface area contributed by atoms with Gasteiger partial charge in [-0.3, -0.25) is 4.98 Å². The number of nitrogens with zero attached hydrogens (tertiary/aromatic N) is 2. The number of pyridine rings is 1. The minimum Gasteiger partial charge on any atom is -0.382 e. The van der Waals surface area contributed by atoms with Gasteiger partial charge in [0.25, 0.3) is 0 Å². The molecule has 3 nitrogen and oxygen atoms in total. The molecule has 3 aromatic rings. The summed E-state index contributed by atoms with van der Waals surface area (Å²) in [5, 5.41) is 12.6. The molecular formula is C27H28F3N2O+. The van der Waals surface area contributed by atoms with Gasteiger partial charge in [-0.1, -0.05) is 36.4 Å². The summed E-state index contributed by atoms with van der Waals surface area (Å²) < 4.78 is 39.8. The van der Waals surface area contributed by atoms with E-state index in [0.29, 0.717) is 22.9 Å². The topological polar surface area (TPSA) is 33.1 Å². The number of piperidine rings is 3. The fraction of sp³-hybridized carbons (Fsp3) is 0.370. The van der Waals surface area contributed by atoms with Gasteiger partial charge in [-0.25, -0.2) is 0 Å². The summed E-state index contributed by atoms with van der Waals surface area (Å²) in [5.41, 5.74) is 1.96. The van der Waals surface area contributed by atoms with Crippen LogP contribution in [0.4, 0.5) is 13.2 Å². The maximum Gasteiger partial charge on any atom is 0.416 e. The van der Waals surface area contributed by atoms with E-state index < -0.39 is 17.8 Å². The number of aliphatic hydroxyl groups excluding tert-OH is 1. The molecule has 0 saturated carbocycles. The van der Waals surface area contributed by atoms with E-state index in [2.05, 4.69) is 11.6 Å². The highest BCUT2D eigenvalue weighted by Crippen LogP contribution is 2.48. The molecule has 3 fully saturated rings. The molecular weight excluding hydrogens is 425 g/mol. The summed E-state index contributed by atoms with van der Waals surface area (Å²) in [7, 11) is 0. The van der Waals surface area contributed by atoms with E-state index in [-0.39, 0.29) is 6.04 Å². The molecule has 33 heavy (non-hydrogen) atoms.